The van der Waals surface area contributed by atoms with E-state index in [2.05, 4.69) is 14.4 Å². The topological polar surface area (TPSA) is 298 Å². The van der Waals surface area contributed by atoms with Crippen LogP contribution in [0, 0.1) is 11.8 Å². The van der Waals surface area contributed by atoms with Gasteiger partial charge in [0.05, 0.1) is 25.9 Å². The largest absolute Gasteiger partial charge is 0.469 e. The number of hydrogen-bond acceptors (Lipinski definition) is 10. The summed E-state index contributed by atoms with van der Waals surface area (Å²) in [6, 6.07) is 34.9. The molecule has 0 spiro atoms. The number of halogens is 3. The first-order valence-electron chi connectivity index (χ1n) is 23.3. The molecule has 0 aromatic heterocycles. The van der Waals surface area contributed by atoms with E-state index in [4.69, 9.17) is 57.0 Å². The fraction of sp³-hybridized carbons (Fsp3) is 0.429. The number of benzene rings is 5. The molecule has 2 fully saturated rings. The number of carbonyl (C=O) groups excluding carboxylic acids is 2. The summed E-state index contributed by atoms with van der Waals surface area (Å²) < 4.78 is 45.3. The third-order valence-electron chi connectivity index (χ3n) is 11.7. The minimum absolute atomic E-state index is 0. The molecule has 0 aliphatic heterocycles. The Morgan fingerprint density at radius 1 is 0.568 bits per heavy atom. The minimum Gasteiger partial charge on any atom is -0.347 e. The van der Waals surface area contributed by atoms with E-state index in [0.717, 1.165) is 59.2 Å². The molecule has 25 heteroatoms. The van der Waals surface area contributed by atoms with Gasteiger partial charge in [-0.3, -0.25) is 23.2 Å². The van der Waals surface area contributed by atoms with E-state index in [1.165, 1.54) is 38.5 Å². The molecule has 0 heterocycles. The van der Waals surface area contributed by atoms with Crippen LogP contribution in [0.15, 0.2) is 115 Å². The summed E-state index contributed by atoms with van der Waals surface area (Å²) in [5.74, 6) is 0.797. The Bertz CT molecular complexity index is 2550. The monoisotopic (exact) mass is 1260 g/mol. The molecule has 7 rings (SSSR count). The molecular weight excluding hydrogens is 1180 g/mol. The van der Waals surface area contributed by atoms with Gasteiger partial charge in [-0.15, -0.1) is 24.8 Å². The van der Waals surface area contributed by atoms with Gasteiger partial charge in [0.2, 0.25) is 0 Å². The van der Waals surface area contributed by atoms with E-state index in [1.807, 2.05) is 97.1 Å². The van der Waals surface area contributed by atoms with Crippen LogP contribution in [0.1, 0.15) is 105 Å². The number of amides is 1. The second kappa shape index (κ2) is 37.0. The molecule has 2 radical (unpaired) electrons. The van der Waals surface area contributed by atoms with Crippen LogP contribution in [0.5, 0.6) is 0 Å². The van der Waals surface area contributed by atoms with Crippen LogP contribution in [0.25, 0.3) is 21.5 Å². The molecule has 0 unspecified atom stereocenters. The van der Waals surface area contributed by atoms with Crippen molar-refractivity contribution in [1.82, 2.24) is 5.32 Å². The summed E-state index contributed by atoms with van der Waals surface area (Å²) in [5, 5.41) is 6.68. The molecule has 5 aromatic carbocycles. The maximum atomic E-state index is 12.7. The summed E-state index contributed by atoms with van der Waals surface area (Å²) in [6.07, 6.45) is 13.9. The number of fused-ring (bicyclic) bond motifs is 2. The van der Waals surface area contributed by atoms with E-state index in [9.17, 15) is 23.3 Å². The zero-order chi connectivity index (χ0) is 51.2. The van der Waals surface area contributed by atoms with Crippen molar-refractivity contribution >= 4 is 110 Å². The Morgan fingerprint density at radius 3 is 1.42 bits per heavy atom. The van der Waals surface area contributed by atoms with Gasteiger partial charge in [-0.25, -0.2) is 13.7 Å². The third kappa shape index (κ3) is 30.8. The number of nitrogens with two attached hydrogens (primary N) is 2. The van der Waals surface area contributed by atoms with Crippen molar-refractivity contribution < 1.29 is 87.1 Å². The Morgan fingerprint density at radius 2 is 0.959 bits per heavy atom. The Hall–Kier alpha value is -1.96. The van der Waals surface area contributed by atoms with Crippen LogP contribution in [0.3, 0.4) is 0 Å². The van der Waals surface area contributed by atoms with Gasteiger partial charge in [-0.1, -0.05) is 155 Å². The fourth-order valence-corrected chi connectivity index (χ4v) is 9.64. The molecular formula is C49H73AlCl3N3O14P3Rh. The Labute approximate surface area is 475 Å². The number of phosphoric acid groups is 3. The van der Waals surface area contributed by atoms with Gasteiger partial charge in [-0.05, 0) is 94.1 Å². The average molecular weight is 1260 g/mol. The molecule has 11 N–H and O–H groups in total. The molecule has 17 nitrogen and oxygen atoms in total. The van der Waals surface area contributed by atoms with Gasteiger partial charge in [0.25, 0.3) is 11.1 Å². The fourth-order valence-electron chi connectivity index (χ4n) is 8.37. The zero-order valence-electron chi connectivity index (χ0n) is 41.1. The van der Waals surface area contributed by atoms with Crippen molar-refractivity contribution in [1.29, 1.82) is 0 Å². The van der Waals surface area contributed by atoms with Crippen molar-refractivity contribution in [2.45, 2.75) is 102 Å². The molecule has 0 bridgehead atoms. The zero-order valence-corrected chi connectivity index (χ0v) is 49.9. The number of carbonyl (C=O) groups is 2. The van der Waals surface area contributed by atoms with E-state index >= 15 is 0 Å². The summed E-state index contributed by atoms with van der Waals surface area (Å²) >= 11 is 5.36. The van der Waals surface area contributed by atoms with Gasteiger partial charge < -0.3 is 46.1 Å². The van der Waals surface area contributed by atoms with E-state index in [1.54, 1.807) is 18.2 Å². The summed E-state index contributed by atoms with van der Waals surface area (Å²) in [6.45, 7) is -0.403. The molecule has 2 aliphatic rings. The first-order chi connectivity index (χ1) is 33.1. The summed E-state index contributed by atoms with van der Waals surface area (Å²) in [4.78, 5) is 75.5. The van der Waals surface area contributed by atoms with Crippen molar-refractivity contribution in [3.8, 4) is 0 Å². The SMILES string of the molecule is Cl.Cl.N[C@@H](COP(=O)(O)O)CC1CCCCC1.N[C@@H](COP(=O)(O)O)Cc1ccccc1.O=C(Cl)c1ccc2ccccc2c1.O=C(N[C@@H](COP(=O)(O)O)CC1CCCCC1)c1ccc2ccccc2c1.[AlH2].[HH].[Rh]. The van der Waals surface area contributed by atoms with E-state index in [-0.39, 0.29) is 94.8 Å². The predicted molar refractivity (Wildman–Crippen MR) is 297 cm³/mol. The normalized spacial score (nSPS) is 15.1. The first kappa shape index (κ1) is 72.0. The van der Waals surface area contributed by atoms with Crippen LogP contribution in [0.2, 0.25) is 0 Å². The number of hydrogen-bond donors (Lipinski definition) is 9. The first-order valence-corrected chi connectivity index (χ1v) is 28.2. The molecule has 74 heavy (non-hydrogen) atoms. The van der Waals surface area contributed by atoms with Crippen LogP contribution in [-0.4, -0.2) is 95.8 Å². The van der Waals surface area contributed by atoms with Gasteiger partial charge in [0, 0.05) is 44.1 Å². The van der Waals surface area contributed by atoms with Crippen molar-refractivity contribution in [3.05, 3.63) is 132 Å². The molecule has 3 atom stereocenters. The van der Waals surface area contributed by atoms with Crippen LogP contribution in [-0.2, 0) is 53.2 Å². The standard InChI is InChI=1S/C20H26NO5P.C11H7ClO.C9H20NO4P.C9H14NO4P.Al.2ClH.Rh.H2.2H/c22-20(18-11-10-16-8-4-5-9-17(16)13-18)21-19(14-26-27(23,24)25)12-15-6-2-1-3-7-15;12-11(13)10-6-5-8-3-1-2-4-9(8)7-10;2*10-9(7-14-15(11,12)13)6-8-4-2-1-3-5-8;;;;;;;/h4-5,8-11,13,15,19H,1-3,6-7,12,14H2,(H,21,22)(H2,23,24,25);1-7H;8-9H,1-7,10H2,(H2,11,12,13);1-5,9H,6-7,10H2,(H2,11,12,13);;2*1H;;1H;;/t19-;;2*9-;;;;;;;/m1.11......./s1. The van der Waals surface area contributed by atoms with E-state index in [0.29, 0.717) is 35.8 Å². The second-order valence-corrected chi connectivity index (χ2v) is 21.7. The molecule has 5 aromatic rings. The van der Waals surface area contributed by atoms with E-state index < -0.39 is 40.8 Å². The number of rotatable bonds is 18. The predicted octanol–water partition coefficient (Wildman–Crippen LogP) is 9.47. The molecule has 0 saturated heterocycles. The van der Waals surface area contributed by atoms with Gasteiger partial charge in [0.1, 0.15) is 17.4 Å². The molecule has 2 saturated carbocycles. The van der Waals surface area contributed by atoms with Crippen molar-refractivity contribution in [3.63, 3.8) is 0 Å². The minimum atomic E-state index is -4.57. The third-order valence-corrected chi connectivity index (χ3v) is 13.4. The van der Waals surface area contributed by atoms with Crippen LogP contribution in [0.4, 0.5) is 0 Å². The van der Waals surface area contributed by atoms with Crippen LogP contribution < -0.4 is 16.8 Å². The van der Waals surface area contributed by atoms with Crippen LogP contribution >= 0.6 is 59.9 Å². The maximum absolute atomic E-state index is 12.7. The molecule has 416 valence electrons. The molecule has 1 amide bonds. The quantitative estimate of drug-likeness (QED) is 0.0224. The van der Waals surface area contributed by atoms with Crippen molar-refractivity contribution in [2.24, 2.45) is 23.3 Å². The second-order valence-electron chi connectivity index (χ2n) is 17.6. The Kier molecular flexibility index (Phi) is 36.0. The smallest absolute Gasteiger partial charge is 0.347 e. The van der Waals surface area contributed by atoms with Crippen molar-refractivity contribution in [2.75, 3.05) is 19.8 Å². The number of phosphoric ester groups is 3. The maximum Gasteiger partial charge on any atom is 0.469 e. The Balaban J connectivity index is 0. The van der Waals surface area contributed by atoms with Gasteiger partial charge >= 0.3 is 23.5 Å². The summed E-state index contributed by atoms with van der Waals surface area (Å²) in [7, 11) is -13.3. The number of nitrogens with one attached hydrogen (secondary N) is 1. The molecule has 2 aliphatic carbocycles. The van der Waals surface area contributed by atoms with Gasteiger partial charge in [0.15, 0.2) is 0 Å². The summed E-state index contributed by atoms with van der Waals surface area (Å²) in [5.41, 5.74) is 13.5. The van der Waals surface area contributed by atoms with Gasteiger partial charge in [-0.2, -0.15) is 0 Å². The average Bonchev–Trinajstić information content (AvgIpc) is 3.32.